The van der Waals surface area contributed by atoms with Crippen molar-refractivity contribution >= 4 is 52.5 Å². The Hall–Kier alpha value is -2.71. The molecule has 4 rings (SSSR count). The van der Waals surface area contributed by atoms with Gasteiger partial charge in [0.15, 0.2) is 11.0 Å². The van der Waals surface area contributed by atoms with Crippen LogP contribution >= 0.6 is 46.6 Å². The molecule has 6 nitrogen and oxygen atoms in total. The highest BCUT2D eigenvalue weighted by atomic mass is 35.5. The summed E-state index contributed by atoms with van der Waals surface area (Å²) in [6.07, 6.45) is 0. The Morgan fingerprint density at radius 3 is 2.51 bits per heavy atom. The minimum atomic E-state index is -0.322. The van der Waals surface area contributed by atoms with Gasteiger partial charge < -0.3 is 10.1 Å². The molecule has 35 heavy (non-hydrogen) atoms. The lowest BCUT2D eigenvalue weighted by atomic mass is 10.2. The topological polar surface area (TPSA) is 69.0 Å². The molecule has 0 radical (unpaired) electrons. The number of hydrogen-bond acceptors (Lipinski definition) is 5. The summed E-state index contributed by atoms with van der Waals surface area (Å²) >= 11 is 19.9. The lowest BCUT2D eigenvalue weighted by molar-refractivity contribution is 0.0949. The number of nitrogens with one attached hydrogen (secondary N) is 1. The number of thioether (sulfide) groups is 1. The van der Waals surface area contributed by atoms with E-state index in [1.807, 2.05) is 54.0 Å². The van der Waals surface area contributed by atoms with Gasteiger partial charge in [0.05, 0.1) is 19.3 Å². The average Bonchev–Trinajstić information content (AvgIpc) is 3.24. The van der Waals surface area contributed by atoms with Crippen LogP contribution in [0.5, 0.6) is 5.75 Å². The van der Waals surface area contributed by atoms with Crippen molar-refractivity contribution in [1.29, 1.82) is 0 Å². The van der Waals surface area contributed by atoms with Gasteiger partial charge in [-0.05, 0) is 60.5 Å². The van der Waals surface area contributed by atoms with Crippen molar-refractivity contribution < 1.29 is 9.53 Å². The summed E-state index contributed by atoms with van der Waals surface area (Å²) < 4.78 is 7.24. The van der Waals surface area contributed by atoms with Crippen molar-refractivity contribution in [2.24, 2.45) is 0 Å². The largest absolute Gasteiger partial charge is 0.497 e. The molecule has 4 aromatic rings. The molecule has 0 atom stereocenters. The molecule has 0 spiro atoms. The lowest BCUT2D eigenvalue weighted by Crippen LogP contribution is -2.24. The molecule has 1 aromatic heterocycles. The fourth-order valence-corrected chi connectivity index (χ4v) is 5.03. The standard InChI is InChI=1S/C25H21Cl3N4O2S/c1-15-6-7-18(26)12-22(15)32-23(13-29-24(33)17-9-19(27)11-20(28)10-17)30-31-25(32)35-14-16-4-3-5-21(8-16)34-2/h3-12H,13-14H2,1-2H3,(H,29,33). The number of ether oxygens (including phenoxy) is 1. The smallest absolute Gasteiger partial charge is 0.251 e. The molecule has 0 aliphatic rings. The third kappa shape index (κ3) is 6.30. The maximum atomic E-state index is 12.7. The number of hydrogen-bond donors (Lipinski definition) is 1. The predicted octanol–water partition coefficient (Wildman–Crippen LogP) is 6.77. The number of nitrogens with zero attached hydrogens (tertiary/aromatic N) is 3. The second-order valence-corrected chi connectivity index (χ2v) is 9.90. The molecule has 0 unspecified atom stereocenters. The molecule has 0 aliphatic carbocycles. The first-order valence-electron chi connectivity index (χ1n) is 10.5. The number of methoxy groups -OCH3 is 1. The summed E-state index contributed by atoms with van der Waals surface area (Å²) in [6, 6.07) is 18.2. The number of aryl methyl sites for hydroxylation is 1. The molecule has 1 amide bonds. The van der Waals surface area contributed by atoms with E-state index < -0.39 is 0 Å². The Morgan fingerprint density at radius 2 is 1.77 bits per heavy atom. The minimum absolute atomic E-state index is 0.141. The lowest BCUT2D eigenvalue weighted by Gasteiger charge is -2.14. The predicted molar refractivity (Wildman–Crippen MR) is 141 cm³/mol. The van der Waals surface area contributed by atoms with Crippen LogP contribution in [0.3, 0.4) is 0 Å². The van der Waals surface area contributed by atoms with Crippen molar-refractivity contribution in [3.8, 4) is 11.4 Å². The SMILES string of the molecule is COc1cccc(CSc2nnc(CNC(=O)c3cc(Cl)cc(Cl)c3)n2-c2cc(Cl)ccc2C)c1. The van der Waals surface area contributed by atoms with Gasteiger partial charge in [0, 0.05) is 26.4 Å². The van der Waals surface area contributed by atoms with Crippen molar-refractivity contribution in [1.82, 2.24) is 20.1 Å². The van der Waals surface area contributed by atoms with Gasteiger partial charge >= 0.3 is 0 Å². The van der Waals surface area contributed by atoms with Crippen molar-refractivity contribution in [2.45, 2.75) is 24.4 Å². The number of carbonyl (C=O) groups excluding carboxylic acids is 1. The van der Waals surface area contributed by atoms with E-state index in [9.17, 15) is 4.79 Å². The summed E-state index contributed by atoms with van der Waals surface area (Å²) in [6.45, 7) is 2.13. The van der Waals surface area contributed by atoms with E-state index in [0.29, 0.717) is 37.4 Å². The van der Waals surface area contributed by atoms with Crippen LogP contribution in [-0.2, 0) is 12.3 Å². The van der Waals surface area contributed by atoms with E-state index in [1.54, 1.807) is 25.3 Å². The van der Waals surface area contributed by atoms with E-state index in [2.05, 4.69) is 15.5 Å². The van der Waals surface area contributed by atoms with Gasteiger partial charge in [-0.2, -0.15) is 0 Å². The maximum Gasteiger partial charge on any atom is 0.251 e. The van der Waals surface area contributed by atoms with Crippen molar-refractivity contribution in [3.63, 3.8) is 0 Å². The molecule has 3 aromatic carbocycles. The van der Waals surface area contributed by atoms with Crippen LogP contribution in [0.15, 0.2) is 65.8 Å². The number of amides is 1. The highest BCUT2D eigenvalue weighted by Gasteiger charge is 2.18. The number of carbonyl (C=O) groups is 1. The molecular formula is C25H21Cl3N4O2S. The van der Waals surface area contributed by atoms with Gasteiger partial charge in [0.1, 0.15) is 5.75 Å². The molecule has 10 heteroatoms. The molecule has 1 N–H and O–H groups in total. The first-order valence-corrected chi connectivity index (χ1v) is 12.7. The maximum absolute atomic E-state index is 12.7. The van der Waals surface area contributed by atoms with Crippen molar-refractivity contribution in [3.05, 3.63) is 98.2 Å². The van der Waals surface area contributed by atoms with Crippen LogP contribution in [0.4, 0.5) is 0 Å². The first-order chi connectivity index (χ1) is 16.8. The Balaban J connectivity index is 1.62. The molecule has 0 aliphatic heterocycles. The molecule has 0 bridgehead atoms. The number of aromatic nitrogens is 3. The quantitative estimate of drug-likeness (QED) is 0.247. The summed E-state index contributed by atoms with van der Waals surface area (Å²) in [5.41, 5.74) is 3.27. The average molecular weight is 548 g/mol. The highest BCUT2D eigenvalue weighted by Crippen LogP contribution is 2.29. The van der Waals surface area contributed by atoms with Crippen LogP contribution in [0.2, 0.25) is 15.1 Å². The fraction of sp³-hybridized carbons (Fsp3) is 0.160. The molecule has 0 saturated heterocycles. The van der Waals surface area contributed by atoms with E-state index in [1.165, 1.54) is 11.8 Å². The first kappa shape index (κ1) is 25.4. The van der Waals surface area contributed by atoms with Crippen LogP contribution < -0.4 is 10.1 Å². The summed E-state index contributed by atoms with van der Waals surface area (Å²) in [5, 5.41) is 13.7. The Morgan fingerprint density at radius 1 is 1.00 bits per heavy atom. The number of rotatable bonds is 8. The summed E-state index contributed by atoms with van der Waals surface area (Å²) in [5.74, 6) is 1.68. The third-order valence-electron chi connectivity index (χ3n) is 5.15. The van der Waals surface area contributed by atoms with E-state index in [0.717, 1.165) is 22.6 Å². The fourth-order valence-electron chi connectivity index (χ4n) is 3.43. The highest BCUT2D eigenvalue weighted by molar-refractivity contribution is 7.98. The van der Waals surface area contributed by atoms with Crippen molar-refractivity contribution in [2.75, 3.05) is 7.11 Å². The van der Waals surface area contributed by atoms with E-state index >= 15 is 0 Å². The van der Waals surface area contributed by atoms with Gasteiger partial charge in [-0.15, -0.1) is 10.2 Å². The Kier molecular flexibility index (Phi) is 8.23. The second-order valence-electron chi connectivity index (χ2n) is 7.65. The number of benzene rings is 3. The van der Waals surface area contributed by atoms with Crippen LogP contribution in [0, 0.1) is 6.92 Å². The normalized spacial score (nSPS) is 10.9. The van der Waals surface area contributed by atoms with Gasteiger partial charge in [0.2, 0.25) is 0 Å². The van der Waals surface area contributed by atoms with Gasteiger partial charge in [0.25, 0.3) is 5.91 Å². The zero-order chi connectivity index (χ0) is 24.9. The number of halogens is 3. The summed E-state index contributed by atoms with van der Waals surface area (Å²) in [7, 11) is 1.64. The van der Waals surface area contributed by atoms with Crippen LogP contribution in [0.1, 0.15) is 27.3 Å². The molecule has 0 saturated carbocycles. The third-order valence-corrected chi connectivity index (χ3v) is 6.82. The zero-order valence-corrected chi connectivity index (χ0v) is 22.0. The molecular weight excluding hydrogens is 527 g/mol. The van der Waals surface area contributed by atoms with E-state index in [4.69, 9.17) is 39.5 Å². The minimum Gasteiger partial charge on any atom is -0.497 e. The van der Waals surface area contributed by atoms with Gasteiger partial charge in [-0.1, -0.05) is 64.8 Å². The van der Waals surface area contributed by atoms with Crippen LogP contribution in [0.25, 0.3) is 5.69 Å². The summed E-state index contributed by atoms with van der Waals surface area (Å²) in [4.78, 5) is 12.7. The second kappa shape index (κ2) is 11.4. The zero-order valence-electron chi connectivity index (χ0n) is 18.9. The Bertz CT molecular complexity index is 1360. The molecule has 1 heterocycles. The monoisotopic (exact) mass is 546 g/mol. The van der Waals surface area contributed by atoms with Gasteiger partial charge in [-0.3, -0.25) is 9.36 Å². The van der Waals surface area contributed by atoms with E-state index in [-0.39, 0.29) is 12.5 Å². The van der Waals surface area contributed by atoms with Crippen LogP contribution in [-0.4, -0.2) is 27.8 Å². The Labute approximate surface area is 222 Å². The molecule has 180 valence electrons. The van der Waals surface area contributed by atoms with Gasteiger partial charge in [-0.25, -0.2) is 0 Å². The molecule has 0 fully saturated rings.